The van der Waals surface area contributed by atoms with Gasteiger partial charge in [-0.05, 0) is 30.8 Å². The molecular weight excluding hydrogens is 278 g/mol. The average molecular weight is 296 g/mol. The first kappa shape index (κ1) is 14.9. The molecule has 0 radical (unpaired) electrons. The molecular formula is C15H18ClNO3. The summed E-state index contributed by atoms with van der Waals surface area (Å²) in [4.78, 5) is 2.18. The van der Waals surface area contributed by atoms with Gasteiger partial charge < -0.3 is 14.3 Å². The number of aliphatic hydroxyl groups excluding tert-OH is 1. The Morgan fingerprint density at radius 3 is 2.75 bits per heavy atom. The number of likely N-dealkylation sites (N-methyl/N-ethyl adjacent to an activating group) is 1. The van der Waals surface area contributed by atoms with E-state index in [1.165, 1.54) is 0 Å². The van der Waals surface area contributed by atoms with Gasteiger partial charge in [-0.25, -0.2) is 0 Å². The van der Waals surface area contributed by atoms with Crippen molar-refractivity contribution in [1.29, 1.82) is 0 Å². The molecule has 1 N–H and O–H groups in total. The monoisotopic (exact) mass is 295 g/mol. The van der Waals surface area contributed by atoms with Gasteiger partial charge in [-0.3, -0.25) is 4.90 Å². The Balaban J connectivity index is 0.00000147. The van der Waals surface area contributed by atoms with E-state index in [0.29, 0.717) is 0 Å². The molecule has 4 nitrogen and oxygen atoms in total. The zero-order valence-corrected chi connectivity index (χ0v) is 12.1. The number of hydrogen-bond donors (Lipinski definition) is 1. The number of nitrogens with zero attached hydrogens (tertiary/aromatic N) is 1. The Bertz CT molecular complexity index is 553. The molecule has 5 heteroatoms. The van der Waals surface area contributed by atoms with E-state index in [-0.39, 0.29) is 25.1 Å². The van der Waals surface area contributed by atoms with Gasteiger partial charge in [0.15, 0.2) is 0 Å². The van der Waals surface area contributed by atoms with Crippen LogP contribution in [0.4, 0.5) is 0 Å². The van der Waals surface area contributed by atoms with Crippen molar-refractivity contribution in [3.63, 3.8) is 0 Å². The molecule has 1 atom stereocenters. The quantitative estimate of drug-likeness (QED) is 0.946. The van der Waals surface area contributed by atoms with Crippen molar-refractivity contribution in [3.8, 4) is 5.75 Å². The van der Waals surface area contributed by atoms with Crippen LogP contribution in [0.5, 0.6) is 5.75 Å². The maximum Gasteiger partial charge on any atom is 0.140 e. The van der Waals surface area contributed by atoms with Crippen LogP contribution in [0.3, 0.4) is 0 Å². The zero-order chi connectivity index (χ0) is 13.2. The molecule has 0 aliphatic carbocycles. The Labute approximate surface area is 124 Å². The lowest BCUT2D eigenvalue weighted by Gasteiger charge is -2.29. The predicted molar refractivity (Wildman–Crippen MR) is 78.0 cm³/mol. The van der Waals surface area contributed by atoms with Crippen LogP contribution in [0.25, 0.3) is 0 Å². The molecule has 1 aromatic carbocycles. The molecule has 1 aliphatic rings. The second-order valence-corrected chi connectivity index (χ2v) is 4.90. The van der Waals surface area contributed by atoms with Crippen molar-refractivity contribution < 1.29 is 14.3 Å². The molecule has 1 unspecified atom stereocenters. The van der Waals surface area contributed by atoms with E-state index in [1.54, 1.807) is 6.26 Å². The van der Waals surface area contributed by atoms with Crippen molar-refractivity contribution in [3.05, 3.63) is 53.5 Å². The van der Waals surface area contributed by atoms with Gasteiger partial charge in [-0.2, -0.15) is 0 Å². The van der Waals surface area contributed by atoms with Gasteiger partial charge in [-0.1, -0.05) is 12.1 Å². The number of rotatable bonds is 3. The van der Waals surface area contributed by atoms with Crippen molar-refractivity contribution >= 4 is 12.4 Å². The van der Waals surface area contributed by atoms with E-state index in [2.05, 4.69) is 11.9 Å². The molecule has 0 amide bonds. The lowest BCUT2D eigenvalue weighted by Crippen LogP contribution is -2.32. The average Bonchev–Trinajstić information content (AvgIpc) is 2.88. The van der Waals surface area contributed by atoms with Gasteiger partial charge in [0.05, 0.1) is 19.4 Å². The summed E-state index contributed by atoms with van der Waals surface area (Å²) in [5, 5.41) is 9.03. The third kappa shape index (κ3) is 2.98. The Morgan fingerprint density at radius 2 is 2.05 bits per heavy atom. The summed E-state index contributed by atoms with van der Waals surface area (Å²) >= 11 is 0. The van der Waals surface area contributed by atoms with E-state index >= 15 is 0 Å². The van der Waals surface area contributed by atoms with Crippen LogP contribution in [0.1, 0.15) is 23.0 Å². The Morgan fingerprint density at radius 1 is 1.30 bits per heavy atom. The van der Waals surface area contributed by atoms with Gasteiger partial charge >= 0.3 is 0 Å². The highest BCUT2D eigenvalue weighted by molar-refractivity contribution is 5.85. The number of benzene rings is 1. The number of ether oxygens (including phenoxy) is 1. The largest absolute Gasteiger partial charge is 0.484 e. The Hall–Kier alpha value is -1.49. The van der Waals surface area contributed by atoms with Gasteiger partial charge in [-0.15, -0.1) is 12.4 Å². The van der Waals surface area contributed by atoms with Crippen LogP contribution in [-0.2, 0) is 13.2 Å². The summed E-state index contributed by atoms with van der Waals surface area (Å²) in [6.07, 6.45) is 1.71. The number of aliphatic hydroxyl groups is 1. The molecule has 3 rings (SSSR count). The first-order valence-electron chi connectivity index (χ1n) is 6.37. The SMILES string of the molecule is CN1Cc2occc2C(Oc2ccc(CO)cc2)C1.Cl. The fourth-order valence-corrected chi connectivity index (χ4v) is 2.40. The lowest BCUT2D eigenvalue weighted by atomic mass is 10.1. The third-order valence-electron chi connectivity index (χ3n) is 3.40. The van der Waals surface area contributed by atoms with Crippen molar-refractivity contribution in [2.24, 2.45) is 0 Å². The van der Waals surface area contributed by atoms with Crippen molar-refractivity contribution in [1.82, 2.24) is 4.90 Å². The second kappa shape index (κ2) is 6.31. The van der Waals surface area contributed by atoms with E-state index in [4.69, 9.17) is 14.3 Å². The molecule has 1 aliphatic heterocycles. The highest BCUT2D eigenvalue weighted by Gasteiger charge is 2.27. The van der Waals surface area contributed by atoms with Crippen LogP contribution in [0.2, 0.25) is 0 Å². The minimum atomic E-state index is -0.00697. The summed E-state index contributed by atoms with van der Waals surface area (Å²) in [6, 6.07) is 9.51. The summed E-state index contributed by atoms with van der Waals surface area (Å²) in [7, 11) is 2.05. The van der Waals surface area contributed by atoms with Crippen LogP contribution in [0, 0.1) is 0 Å². The number of furan rings is 1. The zero-order valence-electron chi connectivity index (χ0n) is 11.3. The topological polar surface area (TPSA) is 45.8 Å². The van der Waals surface area contributed by atoms with Gasteiger partial charge in [0, 0.05) is 12.1 Å². The van der Waals surface area contributed by atoms with E-state index in [1.807, 2.05) is 30.3 Å². The molecule has 20 heavy (non-hydrogen) atoms. The third-order valence-corrected chi connectivity index (χ3v) is 3.40. The first-order valence-corrected chi connectivity index (χ1v) is 6.37. The van der Waals surface area contributed by atoms with E-state index < -0.39 is 0 Å². The standard InChI is InChI=1S/C15H17NO3.ClH/c1-16-8-14-13(6-7-18-14)15(9-16)19-12-4-2-11(10-17)3-5-12;/h2-7,15,17H,8-10H2,1H3;1H. The maximum absolute atomic E-state index is 9.03. The smallest absolute Gasteiger partial charge is 0.140 e. The van der Waals surface area contributed by atoms with Gasteiger partial charge in [0.2, 0.25) is 0 Å². The highest BCUT2D eigenvalue weighted by atomic mass is 35.5. The van der Waals surface area contributed by atoms with Crippen LogP contribution in [-0.4, -0.2) is 23.6 Å². The predicted octanol–water partition coefficient (Wildman–Crippen LogP) is 2.76. The molecule has 0 spiro atoms. The number of halogens is 1. The summed E-state index contributed by atoms with van der Waals surface area (Å²) in [5.41, 5.74) is 2.02. The number of fused-ring (bicyclic) bond motifs is 1. The number of hydrogen-bond acceptors (Lipinski definition) is 4. The molecule has 0 bridgehead atoms. The fourth-order valence-electron chi connectivity index (χ4n) is 2.40. The second-order valence-electron chi connectivity index (χ2n) is 4.90. The minimum absolute atomic E-state index is 0. The normalized spacial score (nSPS) is 18.2. The minimum Gasteiger partial charge on any atom is -0.484 e. The summed E-state index contributed by atoms with van der Waals surface area (Å²) in [5.74, 6) is 1.79. The van der Waals surface area contributed by atoms with Crippen LogP contribution in [0.15, 0.2) is 41.0 Å². The van der Waals surface area contributed by atoms with Gasteiger partial charge in [0.1, 0.15) is 17.6 Å². The van der Waals surface area contributed by atoms with Gasteiger partial charge in [0.25, 0.3) is 0 Å². The lowest BCUT2D eigenvalue weighted by molar-refractivity contribution is 0.120. The first-order chi connectivity index (χ1) is 9.26. The molecule has 0 fully saturated rings. The van der Waals surface area contributed by atoms with Crippen molar-refractivity contribution in [2.45, 2.75) is 19.3 Å². The van der Waals surface area contributed by atoms with E-state index in [9.17, 15) is 0 Å². The van der Waals surface area contributed by atoms with Crippen LogP contribution >= 0.6 is 12.4 Å². The summed E-state index contributed by atoms with van der Waals surface area (Å²) < 4.78 is 11.5. The molecule has 0 saturated carbocycles. The molecule has 0 saturated heterocycles. The van der Waals surface area contributed by atoms with E-state index in [0.717, 1.165) is 35.7 Å². The van der Waals surface area contributed by atoms with Crippen molar-refractivity contribution in [2.75, 3.05) is 13.6 Å². The molecule has 2 aromatic rings. The maximum atomic E-state index is 9.03. The molecule has 1 aromatic heterocycles. The molecule has 108 valence electrons. The Kier molecular flexibility index (Phi) is 4.70. The summed E-state index contributed by atoms with van der Waals surface area (Å²) in [6.45, 7) is 1.72. The molecule has 2 heterocycles. The van der Waals surface area contributed by atoms with Crippen LogP contribution < -0.4 is 4.74 Å². The highest BCUT2D eigenvalue weighted by Crippen LogP contribution is 2.30. The fraction of sp³-hybridized carbons (Fsp3) is 0.333.